The second kappa shape index (κ2) is 9.54. The van der Waals surface area contributed by atoms with Gasteiger partial charge in [-0.2, -0.15) is 21.6 Å². The average Bonchev–Trinajstić information content (AvgIpc) is 3.26. The average molecular weight is 494 g/mol. The third kappa shape index (κ3) is 5.61. The molecule has 1 amide bonds. The SMILES string of the molecule is O=C(C1CCC1)N(Cc1ccc(OS(=O)(=O)c2cccc(C(F)(F)F)c2)cc1)Cc1ccco1. The molecule has 2 aromatic carbocycles. The summed E-state index contributed by atoms with van der Waals surface area (Å²) in [5.74, 6) is 0.633. The minimum atomic E-state index is -4.67. The van der Waals surface area contributed by atoms with Crippen LogP contribution in [0, 0.1) is 5.92 Å². The van der Waals surface area contributed by atoms with Gasteiger partial charge >= 0.3 is 16.3 Å². The van der Waals surface area contributed by atoms with E-state index >= 15 is 0 Å². The number of carbonyl (C=O) groups is 1. The summed E-state index contributed by atoms with van der Waals surface area (Å²) in [6, 6.07) is 12.9. The first-order valence-electron chi connectivity index (χ1n) is 10.6. The lowest BCUT2D eigenvalue weighted by Crippen LogP contribution is -2.38. The number of hydrogen-bond donors (Lipinski definition) is 0. The number of rotatable bonds is 8. The van der Waals surface area contributed by atoms with Crippen LogP contribution in [0.2, 0.25) is 0 Å². The first-order chi connectivity index (χ1) is 16.1. The van der Waals surface area contributed by atoms with Gasteiger partial charge in [-0.05, 0) is 60.9 Å². The van der Waals surface area contributed by atoms with Crippen LogP contribution in [-0.2, 0) is 34.2 Å². The van der Waals surface area contributed by atoms with Crippen molar-refractivity contribution in [3.8, 4) is 5.75 Å². The van der Waals surface area contributed by atoms with E-state index < -0.39 is 26.8 Å². The van der Waals surface area contributed by atoms with Crippen molar-refractivity contribution in [1.82, 2.24) is 4.90 Å². The van der Waals surface area contributed by atoms with Crippen LogP contribution in [0.5, 0.6) is 5.75 Å². The summed E-state index contributed by atoms with van der Waals surface area (Å²) in [5, 5.41) is 0. The highest BCUT2D eigenvalue weighted by Gasteiger charge is 2.32. The van der Waals surface area contributed by atoms with Gasteiger partial charge in [-0.25, -0.2) is 0 Å². The maximum absolute atomic E-state index is 12.9. The van der Waals surface area contributed by atoms with E-state index in [1.165, 1.54) is 18.4 Å². The summed E-state index contributed by atoms with van der Waals surface area (Å²) in [6.07, 6.45) is -0.400. The third-order valence-electron chi connectivity index (χ3n) is 5.65. The molecule has 0 atom stereocenters. The first-order valence-corrected chi connectivity index (χ1v) is 12.0. The fraction of sp³-hybridized carbons (Fsp3) is 0.292. The van der Waals surface area contributed by atoms with Gasteiger partial charge in [0, 0.05) is 12.5 Å². The predicted molar refractivity (Wildman–Crippen MR) is 116 cm³/mol. The number of furan rings is 1. The summed E-state index contributed by atoms with van der Waals surface area (Å²) in [4.78, 5) is 14.0. The van der Waals surface area contributed by atoms with Crippen molar-refractivity contribution >= 4 is 16.0 Å². The van der Waals surface area contributed by atoms with Crippen molar-refractivity contribution in [3.63, 3.8) is 0 Å². The van der Waals surface area contributed by atoms with Crippen molar-refractivity contribution in [2.75, 3.05) is 0 Å². The Kier molecular flexibility index (Phi) is 6.70. The first kappa shape index (κ1) is 23.9. The highest BCUT2D eigenvalue weighted by Crippen LogP contribution is 2.32. The molecule has 0 radical (unpaired) electrons. The molecule has 0 saturated heterocycles. The maximum Gasteiger partial charge on any atom is 0.416 e. The predicted octanol–water partition coefficient (Wildman–Crippen LogP) is 5.40. The molecule has 4 rings (SSSR count). The Hall–Kier alpha value is -3.27. The Balaban J connectivity index is 1.47. The molecule has 180 valence electrons. The van der Waals surface area contributed by atoms with E-state index in [1.807, 2.05) is 0 Å². The van der Waals surface area contributed by atoms with Gasteiger partial charge in [-0.3, -0.25) is 4.79 Å². The van der Waals surface area contributed by atoms with Crippen molar-refractivity contribution in [1.29, 1.82) is 0 Å². The number of amides is 1. The number of carbonyl (C=O) groups excluding carboxylic acids is 1. The van der Waals surface area contributed by atoms with Crippen LogP contribution in [0.3, 0.4) is 0 Å². The highest BCUT2D eigenvalue weighted by molar-refractivity contribution is 7.87. The van der Waals surface area contributed by atoms with Crippen LogP contribution < -0.4 is 4.18 Å². The summed E-state index contributed by atoms with van der Waals surface area (Å²) >= 11 is 0. The van der Waals surface area contributed by atoms with Crippen molar-refractivity contribution in [2.45, 2.75) is 43.4 Å². The number of hydrogen-bond acceptors (Lipinski definition) is 5. The lowest BCUT2D eigenvalue weighted by Gasteiger charge is -2.31. The van der Waals surface area contributed by atoms with E-state index in [-0.39, 0.29) is 24.1 Å². The zero-order chi connectivity index (χ0) is 24.3. The molecule has 1 aliphatic rings. The van der Waals surface area contributed by atoms with Gasteiger partial charge in [0.15, 0.2) is 0 Å². The molecule has 1 aromatic heterocycles. The molecule has 0 unspecified atom stereocenters. The van der Waals surface area contributed by atoms with E-state index in [1.54, 1.807) is 29.2 Å². The van der Waals surface area contributed by atoms with Crippen molar-refractivity contribution < 1.29 is 35.0 Å². The summed E-state index contributed by atoms with van der Waals surface area (Å²) < 4.78 is 74.1. The molecule has 0 N–H and O–H groups in total. The Morgan fingerprint density at radius 1 is 1.03 bits per heavy atom. The fourth-order valence-corrected chi connectivity index (χ4v) is 4.57. The minimum absolute atomic E-state index is 0.00447. The van der Waals surface area contributed by atoms with Crippen LogP contribution in [0.15, 0.2) is 76.2 Å². The summed E-state index contributed by atoms with van der Waals surface area (Å²) in [7, 11) is -4.46. The van der Waals surface area contributed by atoms with E-state index in [0.29, 0.717) is 18.4 Å². The topological polar surface area (TPSA) is 76.8 Å². The van der Waals surface area contributed by atoms with E-state index in [4.69, 9.17) is 8.60 Å². The second-order valence-corrected chi connectivity index (χ2v) is 9.65. The van der Waals surface area contributed by atoms with Crippen LogP contribution in [-0.4, -0.2) is 19.2 Å². The van der Waals surface area contributed by atoms with E-state index in [9.17, 15) is 26.4 Å². The Morgan fingerprint density at radius 2 is 1.76 bits per heavy atom. The fourth-order valence-electron chi connectivity index (χ4n) is 3.59. The largest absolute Gasteiger partial charge is 0.467 e. The van der Waals surface area contributed by atoms with E-state index in [2.05, 4.69) is 0 Å². The Bertz CT molecular complexity index is 1230. The zero-order valence-electron chi connectivity index (χ0n) is 18.0. The van der Waals surface area contributed by atoms with Gasteiger partial charge in [0.2, 0.25) is 5.91 Å². The highest BCUT2D eigenvalue weighted by atomic mass is 32.2. The molecule has 1 aliphatic carbocycles. The van der Waals surface area contributed by atoms with Crippen molar-refractivity contribution in [2.24, 2.45) is 5.92 Å². The second-order valence-electron chi connectivity index (χ2n) is 8.11. The molecular formula is C24H22F3NO5S. The quantitative estimate of drug-likeness (QED) is 0.393. The Labute approximate surface area is 195 Å². The molecule has 1 saturated carbocycles. The van der Waals surface area contributed by atoms with Gasteiger partial charge in [-0.1, -0.05) is 24.6 Å². The molecular weight excluding hydrogens is 471 g/mol. The molecule has 6 nitrogen and oxygen atoms in total. The normalized spacial score (nSPS) is 14.4. The smallest absolute Gasteiger partial charge is 0.416 e. The summed E-state index contributed by atoms with van der Waals surface area (Å²) in [6.45, 7) is 0.598. The van der Waals surface area contributed by atoms with Gasteiger partial charge in [0.05, 0.1) is 18.4 Å². The molecule has 0 spiro atoms. The third-order valence-corrected chi connectivity index (χ3v) is 6.89. The molecule has 34 heavy (non-hydrogen) atoms. The number of benzene rings is 2. The van der Waals surface area contributed by atoms with Crippen LogP contribution >= 0.6 is 0 Å². The maximum atomic E-state index is 12.9. The standard InChI is InChI=1S/C24H22F3NO5S/c25-24(26,27)19-6-2-8-22(14-19)34(30,31)33-20-11-9-17(10-12-20)15-28(16-21-7-3-13-32-21)23(29)18-4-1-5-18/h2-3,6-14,18H,1,4-5,15-16H2. The summed E-state index contributed by atoms with van der Waals surface area (Å²) in [5.41, 5.74) is -0.344. The molecule has 1 fully saturated rings. The molecule has 0 bridgehead atoms. The Morgan fingerprint density at radius 3 is 2.35 bits per heavy atom. The van der Waals surface area contributed by atoms with Gasteiger partial charge < -0.3 is 13.5 Å². The molecule has 1 heterocycles. The lowest BCUT2D eigenvalue weighted by molar-refractivity contribution is -0.140. The number of alkyl halides is 3. The molecule has 10 heteroatoms. The van der Waals surface area contributed by atoms with Crippen LogP contribution in [0.1, 0.15) is 36.1 Å². The number of nitrogens with zero attached hydrogens (tertiary/aromatic N) is 1. The van der Waals surface area contributed by atoms with Gasteiger partial charge in [0.1, 0.15) is 16.4 Å². The monoisotopic (exact) mass is 493 g/mol. The van der Waals surface area contributed by atoms with E-state index in [0.717, 1.165) is 43.0 Å². The molecule has 0 aliphatic heterocycles. The van der Waals surface area contributed by atoms with Crippen molar-refractivity contribution in [3.05, 3.63) is 83.8 Å². The van der Waals surface area contributed by atoms with Gasteiger partial charge in [0.25, 0.3) is 0 Å². The number of halogens is 3. The van der Waals surface area contributed by atoms with Crippen LogP contribution in [0.25, 0.3) is 0 Å². The minimum Gasteiger partial charge on any atom is -0.467 e. The lowest BCUT2D eigenvalue weighted by atomic mass is 9.84. The molecule has 3 aromatic rings. The zero-order valence-corrected chi connectivity index (χ0v) is 18.8. The van der Waals surface area contributed by atoms with Gasteiger partial charge in [-0.15, -0.1) is 0 Å². The van der Waals surface area contributed by atoms with Crippen LogP contribution in [0.4, 0.5) is 13.2 Å².